The highest BCUT2D eigenvalue weighted by Crippen LogP contribution is 2.49. The number of anilines is 3. The Kier molecular flexibility index (Phi) is 23.0. The summed E-state index contributed by atoms with van der Waals surface area (Å²) in [4.78, 5) is 78.6. The number of aromatic carboxylic acids is 2. The van der Waals surface area contributed by atoms with E-state index in [-0.39, 0.29) is 65.0 Å². The number of aromatic nitrogens is 6. The molecule has 0 saturated heterocycles. The van der Waals surface area contributed by atoms with Crippen LogP contribution in [0.4, 0.5) is 57.0 Å². The Morgan fingerprint density at radius 2 is 0.688 bits per heavy atom. The molecule has 112 heavy (non-hydrogen) atoms. The summed E-state index contributed by atoms with van der Waals surface area (Å²) in [5.41, 5.74) is 11.5. The molecule has 3 saturated carbocycles. The van der Waals surface area contributed by atoms with Crippen LogP contribution in [0, 0.1) is 20.8 Å². The molecule has 3 atom stereocenters. The number of benzene rings is 6. The molecule has 3 aromatic heterocycles. The van der Waals surface area contributed by atoms with Crippen molar-refractivity contribution in [3.05, 3.63) is 246 Å². The van der Waals surface area contributed by atoms with Gasteiger partial charge in [-0.25, -0.2) is 33.2 Å². The maximum Gasteiger partial charge on any atom is 0.416 e. The van der Waals surface area contributed by atoms with Crippen LogP contribution in [-0.2, 0) is 64.3 Å². The molecule has 0 bridgehead atoms. The number of fused-ring (bicyclic) bond motifs is 3. The molecule has 0 unspecified atom stereocenters. The van der Waals surface area contributed by atoms with Crippen LogP contribution in [-0.4, -0.2) is 109 Å². The number of carboxylic acid groups (broad SMARTS) is 2. The monoisotopic (exact) mass is 1580 g/mol. The number of nitrogens with zero attached hydrogens (tertiary/aromatic N) is 9. The van der Waals surface area contributed by atoms with Crippen molar-refractivity contribution in [1.29, 1.82) is 0 Å². The van der Waals surface area contributed by atoms with Gasteiger partial charge in [0, 0.05) is 25.2 Å². The number of carbonyl (C=O) groups excluding carboxylic acids is 4. The smallest absolute Gasteiger partial charge is 0.416 e. The summed E-state index contributed by atoms with van der Waals surface area (Å²) in [6.07, 6.45) is -8.09. The van der Waals surface area contributed by atoms with Crippen molar-refractivity contribution >= 4 is 65.6 Å². The van der Waals surface area contributed by atoms with Crippen LogP contribution in [0.15, 0.2) is 146 Å². The second-order valence-corrected chi connectivity index (χ2v) is 28.5. The molecule has 2 amide bonds. The predicted molar refractivity (Wildman–Crippen MR) is 398 cm³/mol. The lowest BCUT2D eigenvalue weighted by Gasteiger charge is -2.27. The van der Waals surface area contributed by atoms with E-state index in [0.29, 0.717) is 107 Å². The third kappa shape index (κ3) is 16.8. The lowest BCUT2D eigenvalue weighted by molar-refractivity contribution is -0.138. The van der Waals surface area contributed by atoms with E-state index in [9.17, 15) is 73.4 Å². The summed E-state index contributed by atoms with van der Waals surface area (Å²) >= 11 is 0. The Labute approximate surface area is 644 Å². The highest BCUT2D eigenvalue weighted by molar-refractivity contribution is 6.02. The molecule has 3 fully saturated rings. The fourth-order valence-electron chi connectivity index (χ4n) is 14.5. The number of methoxy groups -OCH3 is 2. The van der Waals surface area contributed by atoms with Gasteiger partial charge in [-0.2, -0.15) is 54.8 Å². The van der Waals surface area contributed by atoms with E-state index in [1.807, 2.05) is 59.7 Å². The molecule has 6 aromatic carbocycles. The van der Waals surface area contributed by atoms with Gasteiger partial charge in [-0.05, 0) is 186 Å². The average Bonchev–Trinajstić information content (AvgIpc) is 1.59. The lowest BCUT2D eigenvalue weighted by atomic mass is 10.0. The number of esters is 2. The van der Waals surface area contributed by atoms with E-state index in [0.717, 1.165) is 97.2 Å². The number of nitrogens with two attached hydrogens (primary N) is 1. The Hall–Kier alpha value is -11.2. The van der Waals surface area contributed by atoms with Crippen LogP contribution in [0.2, 0.25) is 0 Å². The molecule has 6 aliphatic rings. The van der Waals surface area contributed by atoms with Gasteiger partial charge in [-0.1, -0.05) is 72.8 Å². The Balaban J connectivity index is 0.000000155. The topological polar surface area (TPSA) is 275 Å². The van der Waals surface area contributed by atoms with Crippen LogP contribution in [0.1, 0.15) is 207 Å². The first-order valence-corrected chi connectivity index (χ1v) is 35.8. The Morgan fingerprint density at radius 3 is 0.946 bits per heavy atom. The third-order valence-corrected chi connectivity index (χ3v) is 21.4. The van der Waals surface area contributed by atoms with E-state index in [1.165, 1.54) is 62.8 Å². The molecule has 6 heterocycles. The molecule has 592 valence electrons. The molecule has 3 aliphatic heterocycles. The lowest BCUT2D eigenvalue weighted by Crippen LogP contribution is -2.36. The molecule has 22 nitrogen and oxygen atoms in total. The number of hydrogen-bond donors (Lipinski definition) is 5. The van der Waals surface area contributed by atoms with Gasteiger partial charge >= 0.3 is 42.4 Å². The summed E-state index contributed by atoms with van der Waals surface area (Å²) in [5.74, 6) is -1.50. The van der Waals surface area contributed by atoms with Crippen LogP contribution in [0.25, 0.3) is 0 Å². The molecular weight excluding hydrogens is 1500 g/mol. The fourth-order valence-corrected chi connectivity index (χ4v) is 14.5. The minimum atomic E-state index is -4.40. The number of carbonyl (C=O) groups is 6. The van der Waals surface area contributed by atoms with Crippen LogP contribution < -0.4 is 31.1 Å². The Bertz CT molecular complexity index is 5000. The first-order chi connectivity index (χ1) is 52.4. The zero-order valence-electron chi connectivity index (χ0n) is 62.1. The molecule has 3 aliphatic carbocycles. The van der Waals surface area contributed by atoms with Gasteiger partial charge in [0.2, 0.25) is 0 Å². The third-order valence-electron chi connectivity index (χ3n) is 21.4. The van der Waals surface area contributed by atoms with Gasteiger partial charge in [0.25, 0.3) is 11.8 Å². The van der Waals surface area contributed by atoms with Gasteiger partial charge in [-0.3, -0.25) is 9.59 Å². The number of alkyl halides is 9. The minimum absolute atomic E-state index is 0. The second-order valence-electron chi connectivity index (χ2n) is 28.5. The fraction of sp³-hybridized carbons (Fsp3) is 0.362. The standard InChI is InChI=1S/C27H27F3N4O3.C26H25F3N4O3.C16H16F3N3O2.C11H13NO2.ClH/c1-16-22(23(35)31-26(12-13-26)20-8-6-19(7-9-20)25(36)37-3)24-33(14-15-34(24)32-16)17(2)18-4-10-21(11-5-18)27(28,29)30;1-15-21(22(34)30-25(11-12-25)19-7-5-18(6-8-19)24(35)36)23-32(13-14-33(23)31-15)16(2)17-3-9-20(10-4-17)26(27,28)29;1-9-13(15(23)24)14-21(7-8-22(14)20-9)10(2)11-3-5-12(6-4-11)16(17,18)19;1-14-10(13)8-2-4-9(5-3-8)11(12)6-7-11;/h4-11,17H,12-15H2,1-3H3,(H,31,35);3-10,16H,11-14H2,1-2H3,(H,30,34)(H,35,36);3-6,10H,7-8H2,1-2H3,(H,23,24);2-5H,6-7,12H2,1H3;1H/t17-;16-;10-;;/m111../s1. The predicted octanol–water partition coefficient (Wildman–Crippen LogP) is 15.2. The zero-order chi connectivity index (χ0) is 80.2. The normalized spacial score (nSPS) is 16.5. The van der Waals surface area contributed by atoms with E-state index in [1.54, 1.807) is 71.2 Å². The first kappa shape index (κ1) is 81.8. The van der Waals surface area contributed by atoms with E-state index in [2.05, 4.69) is 30.7 Å². The van der Waals surface area contributed by atoms with Crippen LogP contribution in [0.5, 0.6) is 0 Å². The summed E-state index contributed by atoms with van der Waals surface area (Å²) in [6, 6.07) is 35.2. The molecular formula is C80H82ClF9N12O10. The quantitative estimate of drug-likeness (QED) is 0.0418. The molecule has 0 radical (unpaired) electrons. The highest BCUT2D eigenvalue weighted by Gasteiger charge is 2.49. The number of rotatable bonds is 17. The van der Waals surface area contributed by atoms with Crippen molar-refractivity contribution in [2.24, 2.45) is 5.73 Å². The van der Waals surface area contributed by atoms with Gasteiger partial charge in [0.05, 0.1) is 114 Å². The van der Waals surface area contributed by atoms with Crippen LogP contribution in [0.3, 0.4) is 0 Å². The van der Waals surface area contributed by atoms with Crippen molar-refractivity contribution in [2.75, 3.05) is 48.6 Å². The van der Waals surface area contributed by atoms with Crippen molar-refractivity contribution in [1.82, 2.24) is 40.0 Å². The number of aryl methyl sites for hydroxylation is 3. The minimum Gasteiger partial charge on any atom is -0.478 e. The molecule has 32 heteroatoms. The van der Waals surface area contributed by atoms with Gasteiger partial charge in [0.1, 0.15) is 34.1 Å². The molecule has 0 spiro atoms. The summed E-state index contributed by atoms with van der Waals surface area (Å²) in [6.45, 7) is 14.3. The van der Waals surface area contributed by atoms with Crippen molar-refractivity contribution < 1.29 is 88.0 Å². The second kappa shape index (κ2) is 31.5. The van der Waals surface area contributed by atoms with Crippen molar-refractivity contribution in [3.63, 3.8) is 0 Å². The van der Waals surface area contributed by atoms with Crippen molar-refractivity contribution in [3.8, 4) is 0 Å². The van der Waals surface area contributed by atoms with E-state index < -0.39 is 64.2 Å². The average molecular weight is 1580 g/mol. The molecule has 9 aromatic rings. The number of nitrogens with one attached hydrogen (secondary N) is 2. The molecule has 15 rings (SSSR count). The Morgan fingerprint density at radius 1 is 0.411 bits per heavy atom. The van der Waals surface area contributed by atoms with Gasteiger partial charge in [0.15, 0.2) is 0 Å². The van der Waals surface area contributed by atoms with Crippen molar-refractivity contribution in [2.45, 2.75) is 153 Å². The van der Waals surface area contributed by atoms with Gasteiger partial charge < -0.3 is 50.8 Å². The number of amides is 2. The zero-order valence-corrected chi connectivity index (χ0v) is 63.0. The first-order valence-electron chi connectivity index (χ1n) is 35.8. The molecule has 6 N–H and O–H groups in total. The number of carboxylic acids is 2. The summed E-state index contributed by atoms with van der Waals surface area (Å²) in [7, 11) is 2.70. The summed E-state index contributed by atoms with van der Waals surface area (Å²) < 4.78 is 131. The number of hydrogen-bond acceptors (Lipinski definition) is 15. The largest absolute Gasteiger partial charge is 0.478 e. The van der Waals surface area contributed by atoms with E-state index >= 15 is 0 Å². The SMILES string of the molecule is COC(=O)c1ccc(C2(N)CC2)cc1.COC(=O)c1ccc(C2(NC(=O)c3c(C)nn4c3N([C@H](C)c3ccc(C(F)(F)F)cc3)CC4)CC2)cc1.Cc1nn2c(c1C(=O)NC1(c3ccc(C(=O)O)cc3)CC1)N([C@H](C)c1ccc(C(F)(F)F)cc1)CC2.Cc1nn2c(c1C(=O)O)N([C@H](C)c1ccc(C(F)(F)F)cc1)CC2.Cl. The summed E-state index contributed by atoms with van der Waals surface area (Å²) in [5, 5.41) is 38.2. The van der Waals surface area contributed by atoms with Gasteiger partial charge in [-0.15, -0.1) is 12.4 Å². The maximum atomic E-state index is 13.6. The number of ether oxygens (including phenoxy) is 2. The van der Waals surface area contributed by atoms with Crippen LogP contribution >= 0.6 is 12.4 Å². The maximum absolute atomic E-state index is 13.6. The number of halogens is 10. The highest BCUT2D eigenvalue weighted by atomic mass is 35.5. The van der Waals surface area contributed by atoms with E-state index in [4.69, 9.17) is 15.6 Å².